The number of rotatable bonds is 11. The fourth-order valence-corrected chi connectivity index (χ4v) is 9.50. The lowest BCUT2D eigenvalue weighted by molar-refractivity contribution is 0.0384. The SMILES string of the molecule is Cc1cc(OCCCc2c3n(c4c(-c5c(C)nn(C)c5C)c(Cl)ccc24)C(C)CN(c2cc(CCN4CCOCC4)cc4cc(C(=O)O)n(C)c24)C3=O)cc(C)c1Cl. The smallest absolute Gasteiger partial charge is 0.352 e. The molecule has 0 bridgehead atoms. The summed E-state index contributed by atoms with van der Waals surface area (Å²) in [5, 5.41) is 18.0. The summed E-state index contributed by atoms with van der Waals surface area (Å²) in [5.74, 6) is -0.395. The van der Waals surface area contributed by atoms with E-state index in [0.29, 0.717) is 61.1 Å². The van der Waals surface area contributed by atoms with Crippen LogP contribution in [0.4, 0.5) is 5.69 Å². The van der Waals surface area contributed by atoms with Gasteiger partial charge in [0.05, 0.1) is 47.3 Å². The molecular weight excluding hydrogens is 775 g/mol. The average Bonchev–Trinajstić information content (AvgIpc) is 3.80. The molecule has 3 aromatic heterocycles. The Morgan fingerprint density at radius 2 is 1.69 bits per heavy atom. The number of hydrogen-bond donors (Lipinski definition) is 1. The molecule has 1 fully saturated rings. The van der Waals surface area contributed by atoms with Crippen LogP contribution in [0.15, 0.2) is 42.5 Å². The topological polar surface area (TPSA) is 107 Å². The Morgan fingerprint density at radius 1 is 0.966 bits per heavy atom. The molecule has 8 rings (SSSR count). The molecule has 13 heteroatoms. The van der Waals surface area contributed by atoms with Crippen molar-refractivity contribution < 1.29 is 24.2 Å². The number of carbonyl (C=O) groups is 2. The van der Waals surface area contributed by atoms with Crippen molar-refractivity contribution in [3.8, 4) is 16.9 Å². The molecule has 6 aromatic rings. The van der Waals surface area contributed by atoms with Gasteiger partial charge in [-0.3, -0.25) is 14.4 Å². The number of benzene rings is 3. The molecule has 1 atom stereocenters. The standard InChI is InChI=1S/C45H50Cl2N6O5/c1-25-19-32(20-26(2)40(25)47)58-16-8-9-33-34-10-11-35(46)39(38-28(4)48-50(7)29(38)5)42(34)53-27(3)24-52(44(54)43(33)53)36-22-30(12-13-51-14-17-57-18-15-51)21-31-23-37(45(55)56)49(6)41(31)36/h10-11,19-23,27H,8-9,12-18,24H2,1-7H3,(H,55,56). The molecule has 1 N–H and O–H groups in total. The van der Waals surface area contributed by atoms with E-state index in [1.165, 1.54) is 0 Å². The van der Waals surface area contributed by atoms with Gasteiger partial charge >= 0.3 is 5.97 Å². The molecule has 1 saturated heterocycles. The van der Waals surface area contributed by atoms with Crippen molar-refractivity contribution in [2.75, 3.05) is 50.9 Å². The van der Waals surface area contributed by atoms with E-state index in [-0.39, 0.29) is 17.6 Å². The maximum atomic E-state index is 15.5. The number of aromatic carboxylic acids is 1. The Bertz CT molecular complexity index is 2590. The Labute approximate surface area is 348 Å². The Kier molecular flexibility index (Phi) is 10.9. The fraction of sp³-hybridized carbons (Fsp3) is 0.400. The molecule has 2 aliphatic rings. The minimum Gasteiger partial charge on any atom is -0.494 e. The number of fused-ring (bicyclic) bond motifs is 4. The maximum absolute atomic E-state index is 15.5. The second-order valence-corrected chi connectivity index (χ2v) is 16.7. The average molecular weight is 826 g/mol. The van der Waals surface area contributed by atoms with Crippen LogP contribution in [-0.4, -0.2) is 86.8 Å². The summed E-state index contributed by atoms with van der Waals surface area (Å²) < 4.78 is 17.6. The summed E-state index contributed by atoms with van der Waals surface area (Å²) in [6.45, 7) is 14.9. The third-order valence-corrected chi connectivity index (χ3v) is 13.0. The normalized spacial score (nSPS) is 16.2. The zero-order valence-electron chi connectivity index (χ0n) is 34.2. The van der Waals surface area contributed by atoms with Gasteiger partial charge in [-0.15, -0.1) is 0 Å². The molecular formula is C45H50Cl2N6O5. The third-order valence-electron chi connectivity index (χ3n) is 12.1. The highest BCUT2D eigenvalue weighted by Crippen LogP contribution is 2.46. The van der Waals surface area contributed by atoms with Crippen LogP contribution in [0, 0.1) is 27.7 Å². The number of carboxylic acid groups (broad SMARTS) is 1. The highest BCUT2D eigenvalue weighted by atomic mass is 35.5. The van der Waals surface area contributed by atoms with E-state index in [2.05, 4.69) is 28.5 Å². The summed E-state index contributed by atoms with van der Waals surface area (Å²) in [6.07, 6.45) is 1.98. The zero-order chi connectivity index (χ0) is 41.2. The molecule has 11 nitrogen and oxygen atoms in total. The van der Waals surface area contributed by atoms with Gasteiger partial charge in [0.2, 0.25) is 0 Å². The number of aryl methyl sites for hydroxylation is 6. The third kappa shape index (κ3) is 6.95. The summed E-state index contributed by atoms with van der Waals surface area (Å²) >= 11 is 13.6. The van der Waals surface area contributed by atoms with Gasteiger partial charge in [-0.05, 0) is 113 Å². The number of carboxylic acids is 1. The van der Waals surface area contributed by atoms with E-state index < -0.39 is 5.97 Å². The second-order valence-electron chi connectivity index (χ2n) is 15.9. The van der Waals surface area contributed by atoms with Gasteiger partial charge in [0.1, 0.15) is 17.1 Å². The molecule has 1 unspecified atom stereocenters. The predicted molar refractivity (Wildman–Crippen MR) is 231 cm³/mol. The second kappa shape index (κ2) is 15.7. The summed E-state index contributed by atoms with van der Waals surface area (Å²) in [7, 11) is 3.70. The maximum Gasteiger partial charge on any atom is 0.352 e. The van der Waals surface area contributed by atoms with Crippen molar-refractivity contribution >= 4 is 62.6 Å². The van der Waals surface area contributed by atoms with Crippen molar-refractivity contribution in [1.29, 1.82) is 0 Å². The Morgan fingerprint density at radius 3 is 2.36 bits per heavy atom. The first-order valence-electron chi connectivity index (χ1n) is 20.0. The van der Waals surface area contributed by atoms with Crippen LogP contribution in [0.25, 0.3) is 32.9 Å². The Balaban J connectivity index is 1.26. The van der Waals surface area contributed by atoms with Gasteiger partial charge in [0.25, 0.3) is 5.91 Å². The highest BCUT2D eigenvalue weighted by molar-refractivity contribution is 6.35. The lowest BCUT2D eigenvalue weighted by atomic mass is 9.98. The van der Waals surface area contributed by atoms with Crippen molar-refractivity contribution in [3.05, 3.63) is 97.5 Å². The summed E-state index contributed by atoms with van der Waals surface area (Å²) in [4.78, 5) is 32.2. The van der Waals surface area contributed by atoms with Crippen molar-refractivity contribution in [2.24, 2.45) is 14.1 Å². The van der Waals surface area contributed by atoms with E-state index in [1.54, 1.807) is 17.7 Å². The summed E-state index contributed by atoms with van der Waals surface area (Å²) in [6, 6.07) is 13.6. The van der Waals surface area contributed by atoms with Gasteiger partial charge in [0, 0.05) is 78.9 Å². The van der Waals surface area contributed by atoms with E-state index in [1.807, 2.05) is 68.6 Å². The number of ether oxygens (including phenoxy) is 2. The first-order valence-corrected chi connectivity index (χ1v) is 20.7. The van der Waals surface area contributed by atoms with Crippen LogP contribution in [0.2, 0.25) is 10.0 Å². The fourth-order valence-electron chi connectivity index (χ4n) is 9.15. The molecule has 0 saturated carbocycles. The predicted octanol–water partition coefficient (Wildman–Crippen LogP) is 8.88. The first kappa shape index (κ1) is 40.0. The molecule has 0 spiro atoms. The number of aromatic nitrogens is 4. The van der Waals surface area contributed by atoms with E-state index in [0.717, 1.165) is 97.9 Å². The lowest BCUT2D eigenvalue weighted by Crippen LogP contribution is -2.43. The van der Waals surface area contributed by atoms with Crippen molar-refractivity contribution in [3.63, 3.8) is 0 Å². The molecule has 1 amide bonds. The number of morpholine rings is 1. The summed E-state index contributed by atoms with van der Waals surface area (Å²) in [5.41, 5.74) is 10.7. The number of nitrogens with zero attached hydrogens (tertiary/aromatic N) is 6. The Hall–Kier alpha value is -4.81. The van der Waals surface area contributed by atoms with Crippen LogP contribution in [0.1, 0.15) is 74.0 Å². The lowest BCUT2D eigenvalue weighted by Gasteiger charge is -2.35. The van der Waals surface area contributed by atoms with E-state index in [9.17, 15) is 9.90 Å². The molecule has 58 heavy (non-hydrogen) atoms. The largest absolute Gasteiger partial charge is 0.494 e. The van der Waals surface area contributed by atoms with E-state index >= 15 is 4.79 Å². The van der Waals surface area contributed by atoms with E-state index in [4.69, 9.17) is 37.8 Å². The van der Waals surface area contributed by atoms with Gasteiger partial charge < -0.3 is 28.6 Å². The van der Waals surface area contributed by atoms with Crippen molar-refractivity contribution in [2.45, 2.75) is 59.9 Å². The van der Waals surface area contributed by atoms with Gasteiger partial charge in [-0.25, -0.2) is 4.79 Å². The molecule has 304 valence electrons. The van der Waals surface area contributed by atoms with Gasteiger partial charge in [0.15, 0.2) is 0 Å². The van der Waals surface area contributed by atoms with Crippen LogP contribution in [0.3, 0.4) is 0 Å². The highest BCUT2D eigenvalue weighted by Gasteiger charge is 2.38. The minimum atomic E-state index is -1.02. The van der Waals surface area contributed by atoms with Crippen LogP contribution < -0.4 is 9.64 Å². The minimum absolute atomic E-state index is 0.138. The van der Waals surface area contributed by atoms with Crippen LogP contribution >= 0.6 is 23.2 Å². The molecule has 2 aliphatic heterocycles. The quantitative estimate of drug-likeness (QED) is 0.130. The van der Waals surface area contributed by atoms with Gasteiger partial charge in [-0.2, -0.15) is 5.10 Å². The zero-order valence-corrected chi connectivity index (χ0v) is 35.7. The molecule has 5 heterocycles. The number of hydrogen-bond acceptors (Lipinski definition) is 6. The number of amides is 1. The molecule has 3 aromatic carbocycles. The molecule has 0 radical (unpaired) electrons. The number of anilines is 1. The monoisotopic (exact) mass is 824 g/mol. The number of carbonyl (C=O) groups excluding carboxylic acids is 1. The van der Waals surface area contributed by atoms with Crippen LogP contribution in [-0.2, 0) is 31.7 Å². The van der Waals surface area contributed by atoms with Crippen LogP contribution in [0.5, 0.6) is 5.75 Å². The molecule has 0 aliphatic carbocycles. The van der Waals surface area contributed by atoms with Crippen molar-refractivity contribution in [1.82, 2.24) is 23.8 Å². The number of halogens is 2. The first-order chi connectivity index (χ1) is 27.7. The van der Waals surface area contributed by atoms with Gasteiger partial charge in [-0.1, -0.05) is 29.3 Å².